The largest absolute Gasteiger partial charge is 0.396 e. The van der Waals surface area contributed by atoms with Crippen LogP contribution in [0.25, 0.3) is 11.2 Å². The standard InChI is InChI=1S/C10H14N4O/c1-11-8-5-4-7-10(13-8)14-9(12-7)3-2-6-15/h4-5,15H,2-3,6H2,1H3,(H2,11,12,13,14). The van der Waals surface area contributed by atoms with Crippen LogP contribution in [0.1, 0.15) is 12.2 Å². The number of aryl methyl sites for hydroxylation is 1. The minimum absolute atomic E-state index is 0.187. The number of pyridine rings is 1. The zero-order valence-corrected chi connectivity index (χ0v) is 8.62. The van der Waals surface area contributed by atoms with E-state index in [1.807, 2.05) is 19.2 Å². The number of H-pyrrole nitrogens is 1. The van der Waals surface area contributed by atoms with E-state index in [4.69, 9.17) is 5.11 Å². The summed E-state index contributed by atoms with van der Waals surface area (Å²) in [6, 6.07) is 3.85. The smallest absolute Gasteiger partial charge is 0.179 e. The lowest BCUT2D eigenvalue weighted by atomic mass is 10.3. The number of hydrogen-bond acceptors (Lipinski definition) is 4. The van der Waals surface area contributed by atoms with Gasteiger partial charge in [-0.1, -0.05) is 0 Å². The second-order valence-corrected chi connectivity index (χ2v) is 3.33. The first kappa shape index (κ1) is 9.92. The van der Waals surface area contributed by atoms with Crippen LogP contribution in [0, 0.1) is 0 Å². The molecule has 0 spiro atoms. The van der Waals surface area contributed by atoms with E-state index in [9.17, 15) is 0 Å². The molecule has 5 nitrogen and oxygen atoms in total. The Morgan fingerprint density at radius 3 is 3.00 bits per heavy atom. The highest BCUT2D eigenvalue weighted by molar-refractivity contribution is 5.72. The molecular weight excluding hydrogens is 192 g/mol. The van der Waals surface area contributed by atoms with Crippen molar-refractivity contribution in [2.75, 3.05) is 19.0 Å². The van der Waals surface area contributed by atoms with Gasteiger partial charge in [-0.25, -0.2) is 9.97 Å². The second kappa shape index (κ2) is 4.27. The van der Waals surface area contributed by atoms with Crippen LogP contribution in [0.5, 0.6) is 0 Å². The minimum Gasteiger partial charge on any atom is -0.396 e. The summed E-state index contributed by atoms with van der Waals surface area (Å²) in [5.74, 6) is 1.68. The van der Waals surface area contributed by atoms with Crippen LogP contribution in [0.4, 0.5) is 5.82 Å². The fraction of sp³-hybridized carbons (Fsp3) is 0.400. The van der Waals surface area contributed by atoms with Crippen molar-refractivity contribution >= 4 is 17.0 Å². The number of nitrogens with zero attached hydrogens (tertiary/aromatic N) is 2. The summed E-state index contributed by atoms with van der Waals surface area (Å²) in [6.07, 6.45) is 1.47. The van der Waals surface area contributed by atoms with Gasteiger partial charge in [0.2, 0.25) is 0 Å². The average molecular weight is 206 g/mol. The number of imidazole rings is 1. The molecule has 80 valence electrons. The van der Waals surface area contributed by atoms with E-state index in [2.05, 4.69) is 20.3 Å². The normalized spacial score (nSPS) is 10.8. The minimum atomic E-state index is 0.187. The number of anilines is 1. The van der Waals surface area contributed by atoms with Crippen LogP contribution in [-0.4, -0.2) is 33.7 Å². The highest BCUT2D eigenvalue weighted by Gasteiger charge is 2.03. The molecule has 3 N–H and O–H groups in total. The molecular formula is C10H14N4O. The van der Waals surface area contributed by atoms with Gasteiger partial charge in [-0.2, -0.15) is 0 Å². The lowest BCUT2D eigenvalue weighted by molar-refractivity contribution is 0.287. The van der Waals surface area contributed by atoms with E-state index in [-0.39, 0.29) is 6.61 Å². The molecule has 0 saturated heterocycles. The maximum Gasteiger partial charge on any atom is 0.179 e. The van der Waals surface area contributed by atoms with Crippen molar-refractivity contribution < 1.29 is 5.11 Å². The Morgan fingerprint density at radius 2 is 2.27 bits per heavy atom. The van der Waals surface area contributed by atoms with Crippen LogP contribution in [0.2, 0.25) is 0 Å². The summed E-state index contributed by atoms with van der Waals surface area (Å²) in [7, 11) is 1.83. The molecule has 2 aromatic heterocycles. The number of nitrogens with one attached hydrogen (secondary N) is 2. The van der Waals surface area contributed by atoms with Gasteiger partial charge in [0.25, 0.3) is 0 Å². The zero-order valence-electron chi connectivity index (χ0n) is 8.62. The number of aliphatic hydroxyl groups is 1. The monoisotopic (exact) mass is 206 g/mol. The Balaban J connectivity index is 2.29. The highest BCUT2D eigenvalue weighted by atomic mass is 16.2. The summed E-state index contributed by atoms with van der Waals surface area (Å²) in [5.41, 5.74) is 1.65. The Kier molecular flexibility index (Phi) is 2.82. The summed E-state index contributed by atoms with van der Waals surface area (Å²) in [4.78, 5) is 11.8. The Bertz CT molecular complexity index is 452. The van der Waals surface area contributed by atoms with Crippen molar-refractivity contribution in [2.24, 2.45) is 0 Å². The van der Waals surface area contributed by atoms with Crippen molar-refractivity contribution in [3.05, 3.63) is 18.0 Å². The fourth-order valence-corrected chi connectivity index (χ4v) is 1.45. The summed E-state index contributed by atoms with van der Waals surface area (Å²) in [6.45, 7) is 0.187. The first-order chi connectivity index (χ1) is 7.33. The molecule has 0 bridgehead atoms. The molecule has 2 rings (SSSR count). The fourth-order valence-electron chi connectivity index (χ4n) is 1.45. The second-order valence-electron chi connectivity index (χ2n) is 3.33. The van der Waals surface area contributed by atoms with Gasteiger partial charge < -0.3 is 15.4 Å². The third kappa shape index (κ3) is 2.07. The molecule has 0 amide bonds. The van der Waals surface area contributed by atoms with Crippen LogP contribution >= 0.6 is 0 Å². The third-order valence-corrected chi connectivity index (χ3v) is 2.22. The SMILES string of the molecule is CNc1ccc2[nH]c(CCCO)nc2n1. The highest BCUT2D eigenvalue weighted by Crippen LogP contribution is 2.13. The van der Waals surface area contributed by atoms with Crippen molar-refractivity contribution in [2.45, 2.75) is 12.8 Å². The summed E-state index contributed by atoms with van der Waals surface area (Å²) >= 11 is 0. The van der Waals surface area contributed by atoms with Gasteiger partial charge >= 0.3 is 0 Å². The van der Waals surface area contributed by atoms with E-state index in [1.165, 1.54) is 0 Å². The van der Waals surface area contributed by atoms with Gasteiger partial charge in [-0.3, -0.25) is 0 Å². The molecule has 0 aliphatic carbocycles. The van der Waals surface area contributed by atoms with E-state index in [1.54, 1.807) is 0 Å². The van der Waals surface area contributed by atoms with Gasteiger partial charge in [-0.15, -0.1) is 0 Å². The van der Waals surface area contributed by atoms with Crippen LogP contribution in [0.3, 0.4) is 0 Å². The first-order valence-corrected chi connectivity index (χ1v) is 4.97. The number of hydrogen-bond donors (Lipinski definition) is 3. The number of aromatic amines is 1. The summed E-state index contributed by atoms with van der Waals surface area (Å²) < 4.78 is 0. The Labute approximate surface area is 87.6 Å². The zero-order chi connectivity index (χ0) is 10.7. The number of fused-ring (bicyclic) bond motifs is 1. The van der Waals surface area contributed by atoms with Crippen LogP contribution in [0.15, 0.2) is 12.1 Å². The molecule has 0 radical (unpaired) electrons. The Morgan fingerprint density at radius 1 is 1.40 bits per heavy atom. The first-order valence-electron chi connectivity index (χ1n) is 4.97. The average Bonchev–Trinajstić information content (AvgIpc) is 2.67. The molecule has 0 atom stereocenters. The predicted molar refractivity (Wildman–Crippen MR) is 58.8 cm³/mol. The van der Waals surface area contributed by atoms with Gasteiger partial charge in [0.05, 0.1) is 5.52 Å². The topological polar surface area (TPSA) is 73.8 Å². The van der Waals surface area contributed by atoms with E-state index >= 15 is 0 Å². The third-order valence-electron chi connectivity index (χ3n) is 2.22. The quantitative estimate of drug-likeness (QED) is 0.695. The molecule has 0 saturated carbocycles. The maximum absolute atomic E-state index is 8.72. The van der Waals surface area contributed by atoms with E-state index in [0.29, 0.717) is 0 Å². The van der Waals surface area contributed by atoms with Crippen molar-refractivity contribution in [3.63, 3.8) is 0 Å². The van der Waals surface area contributed by atoms with Gasteiger partial charge in [0.1, 0.15) is 11.6 Å². The molecule has 0 aliphatic rings. The Hall–Kier alpha value is -1.62. The molecule has 2 heterocycles. The maximum atomic E-state index is 8.72. The van der Waals surface area contributed by atoms with Gasteiger partial charge in [-0.05, 0) is 18.6 Å². The van der Waals surface area contributed by atoms with Crippen molar-refractivity contribution in [1.82, 2.24) is 15.0 Å². The molecule has 0 unspecified atom stereocenters. The molecule has 0 aromatic carbocycles. The van der Waals surface area contributed by atoms with Gasteiger partial charge in [0, 0.05) is 20.1 Å². The van der Waals surface area contributed by atoms with Gasteiger partial charge in [0.15, 0.2) is 5.65 Å². The lowest BCUT2D eigenvalue weighted by Gasteiger charge is -1.95. The predicted octanol–water partition coefficient (Wildman–Crippen LogP) is 0.924. The molecule has 0 fully saturated rings. The molecule has 5 heteroatoms. The molecule has 15 heavy (non-hydrogen) atoms. The van der Waals surface area contributed by atoms with Crippen molar-refractivity contribution in [3.8, 4) is 0 Å². The van der Waals surface area contributed by atoms with Crippen molar-refractivity contribution in [1.29, 1.82) is 0 Å². The number of aromatic nitrogens is 3. The van der Waals surface area contributed by atoms with E-state index < -0.39 is 0 Å². The molecule has 2 aromatic rings. The lowest BCUT2D eigenvalue weighted by Crippen LogP contribution is -1.92. The molecule has 0 aliphatic heterocycles. The summed E-state index contributed by atoms with van der Waals surface area (Å²) in [5, 5.41) is 11.7. The van der Waals surface area contributed by atoms with Crippen LogP contribution < -0.4 is 5.32 Å². The number of aliphatic hydroxyl groups excluding tert-OH is 1. The van der Waals surface area contributed by atoms with E-state index in [0.717, 1.165) is 35.6 Å². The van der Waals surface area contributed by atoms with Crippen LogP contribution in [-0.2, 0) is 6.42 Å². The number of rotatable bonds is 4.